The average molecular weight is 300 g/mol. The number of nitrogen functional groups attached to an aromatic ring is 1. The van der Waals surface area contributed by atoms with Crippen LogP contribution in [0, 0.1) is 6.92 Å². The van der Waals surface area contributed by atoms with Crippen molar-refractivity contribution in [2.24, 2.45) is 0 Å². The van der Waals surface area contributed by atoms with Gasteiger partial charge in [-0.25, -0.2) is 0 Å². The number of hydrogen-bond donors (Lipinski definition) is 3. The van der Waals surface area contributed by atoms with Crippen LogP contribution in [0.25, 0.3) is 0 Å². The second-order valence-corrected chi connectivity index (χ2v) is 5.56. The zero-order valence-corrected chi connectivity index (χ0v) is 13.1. The van der Waals surface area contributed by atoms with Crippen molar-refractivity contribution in [3.8, 4) is 0 Å². The van der Waals surface area contributed by atoms with Gasteiger partial charge < -0.3 is 16.4 Å². The molecule has 0 bridgehead atoms. The summed E-state index contributed by atoms with van der Waals surface area (Å²) in [5, 5.41) is 5.36. The highest BCUT2D eigenvalue weighted by molar-refractivity contribution is 5.98. The van der Waals surface area contributed by atoms with Crippen molar-refractivity contribution in [3.05, 3.63) is 29.3 Å². The van der Waals surface area contributed by atoms with E-state index in [2.05, 4.69) is 10.6 Å². The minimum atomic E-state index is -0.311. The first-order valence-electron chi connectivity index (χ1n) is 6.14. The zero-order chi connectivity index (χ0) is 14.6. The normalized spacial score (nSPS) is 10.4. The summed E-state index contributed by atoms with van der Waals surface area (Å²) in [5.41, 5.74) is 7.17. The van der Waals surface area contributed by atoms with Gasteiger partial charge in [0.05, 0.1) is 6.54 Å². The Morgan fingerprint density at radius 3 is 2.40 bits per heavy atom. The van der Waals surface area contributed by atoms with Crippen molar-refractivity contribution in [1.29, 1.82) is 0 Å². The Morgan fingerprint density at radius 1 is 1.25 bits per heavy atom. The molecule has 0 unspecified atom stereocenters. The second-order valence-electron chi connectivity index (χ2n) is 5.56. The molecule has 0 fully saturated rings. The molecule has 0 atom stereocenters. The van der Waals surface area contributed by atoms with Crippen LogP contribution in [0.4, 0.5) is 5.69 Å². The number of carbonyl (C=O) groups excluding carboxylic acids is 2. The Bertz CT molecular complexity index is 496. The highest BCUT2D eigenvalue weighted by Crippen LogP contribution is 2.12. The molecule has 4 N–H and O–H groups in total. The molecule has 1 aromatic carbocycles. The molecular weight excluding hydrogens is 278 g/mol. The Labute approximate surface area is 125 Å². The molecule has 0 aromatic heterocycles. The number of rotatable bonds is 3. The molecule has 0 aliphatic heterocycles. The highest BCUT2D eigenvalue weighted by atomic mass is 35.5. The van der Waals surface area contributed by atoms with E-state index in [0.29, 0.717) is 11.3 Å². The lowest BCUT2D eigenvalue weighted by Gasteiger charge is -2.20. The van der Waals surface area contributed by atoms with Crippen LogP contribution in [0.1, 0.15) is 36.7 Å². The van der Waals surface area contributed by atoms with E-state index < -0.39 is 0 Å². The summed E-state index contributed by atoms with van der Waals surface area (Å²) >= 11 is 0. The first kappa shape index (κ1) is 18.2. The summed E-state index contributed by atoms with van der Waals surface area (Å²) in [6, 6.07) is 5.12. The van der Waals surface area contributed by atoms with E-state index in [1.54, 1.807) is 18.2 Å². The number of hydrogen-bond acceptors (Lipinski definition) is 3. The summed E-state index contributed by atoms with van der Waals surface area (Å²) in [4.78, 5) is 23.5. The average Bonchev–Trinajstić information content (AvgIpc) is 2.27. The van der Waals surface area contributed by atoms with Gasteiger partial charge in [-0.2, -0.15) is 0 Å². The third-order valence-corrected chi connectivity index (χ3v) is 2.43. The van der Waals surface area contributed by atoms with Gasteiger partial charge in [-0.05, 0) is 45.4 Å². The van der Waals surface area contributed by atoms with Gasteiger partial charge in [0.25, 0.3) is 5.91 Å². The molecule has 6 heteroatoms. The van der Waals surface area contributed by atoms with E-state index in [0.717, 1.165) is 5.56 Å². The van der Waals surface area contributed by atoms with Gasteiger partial charge in [-0.1, -0.05) is 6.07 Å². The first-order valence-corrected chi connectivity index (χ1v) is 6.14. The molecule has 2 amide bonds. The van der Waals surface area contributed by atoms with Gasteiger partial charge in [-0.3, -0.25) is 9.59 Å². The Kier molecular flexibility index (Phi) is 6.52. The first-order chi connectivity index (χ1) is 8.69. The number of benzene rings is 1. The number of nitrogens with one attached hydrogen (secondary N) is 2. The Balaban J connectivity index is 0.00000361. The molecule has 5 nitrogen and oxygen atoms in total. The van der Waals surface area contributed by atoms with Crippen molar-refractivity contribution in [1.82, 2.24) is 10.6 Å². The Morgan fingerprint density at radius 2 is 1.85 bits per heavy atom. The maximum Gasteiger partial charge on any atom is 0.252 e. The largest absolute Gasteiger partial charge is 0.399 e. The number of nitrogens with two attached hydrogens (primary N) is 1. The van der Waals surface area contributed by atoms with Crippen LogP contribution in [-0.2, 0) is 4.79 Å². The standard InChI is InChI=1S/C14H21N3O2.ClH/c1-9-5-6-10(15)7-11(9)13(19)16-8-12(18)17-14(2,3)4;/h5-7H,8,15H2,1-4H3,(H,16,19)(H,17,18);1H. The number of carbonyl (C=O) groups is 2. The third-order valence-electron chi connectivity index (χ3n) is 2.43. The summed E-state index contributed by atoms with van der Waals surface area (Å²) < 4.78 is 0. The van der Waals surface area contributed by atoms with Crippen molar-refractivity contribution in [3.63, 3.8) is 0 Å². The maximum atomic E-state index is 11.9. The fraction of sp³-hybridized carbons (Fsp3) is 0.429. The summed E-state index contributed by atoms with van der Waals surface area (Å²) in [6.45, 7) is 7.42. The van der Waals surface area contributed by atoms with Crippen molar-refractivity contribution in [2.75, 3.05) is 12.3 Å². The van der Waals surface area contributed by atoms with E-state index in [9.17, 15) is 9.59 Å². The molecule has 0 heterocycles. The summed E-state index contributed by atoms with van der Waals surface area (Å²) in [7, 11) is 0. The number of anilines is 1. The van der Waals surface area contributed by atoms with Crippen molar-refractivity contribution < 1.29 is 9.59 Å². The SMILES string of the molecule is Cc1ccc(N)cc1C(=O)NCC(=O)NC(C)(C)C.Cl. The van der Waals surface area contributed by atoms with Crippen LogP contribution in [0.15, 0.2) is 18.2 Å². The summed E-state index contributed by atoms with van der Waals surface area (Å²) in [5.74, 6) is -0.517. The molecule has 1 rings (SSSR count). The van der Waals surface area contributed by atoms with E-state index in [1.807, 2.05) is 27.7 Å². The smallest absolute Gasteiger partial charge is 0.252 e. The molecule has 1 aromatic rings. The minimum Gasteiger partial charge on any atom is -0.399 e. The summed E-state index contributed by atoms with van der Waals surface area (Å²) in [6.07, 6.45) is 0. The molecule has 0 saturated carbocycles. The monoisotopic (exact) mass is 299 g/mol. The predicted octanol–water partition coefficient (Wildman–Crippen LogP) is 1.64. The topological polar surface area (TPSA) is 84.2 Å². The fourth-order valence-corrected chi connectivity index (χ4v) is 1.60. The van der Waals surface area contributed by atoms with Crippen molar-refractivity contribution in [2.45, 2.75) is 33.2 Å². The van der Waals surface area contributed by atoms with E-state index in [-0.39, 0.29) is 36.3 Å². The van der Waals surface area contributed by atoms with Crippen LogP contribution >= 0.6 is 12.4 Å². The van der Waals surface area contributed by atoms with Crippen LogP contribution in [0.3, 0.4) is 0 Å². The molecule has 0 aliphatic rings. The lowest BCUT2D eigenvalue weighted by molar-refractivity contribution is -0.121. The van der Waals surface area contributed by atoms with Crippen LogP contribution in [-0.4, -0.2) is 23.9 Å². The van der Waals surface area contributed by atoms with Crippen LogP contribution in [0.2, 0.25) is 0 Å². The number of halogens is 1. The van der Waals surface area contributed by atoms with Gasteiger partial charge >= 0.3 is 0 Å². The number of amides is 2. The third kappa shape index (κ3) is 5.93. The van der Waals surface area contributed by atoms with Crippen LogP contribution < -0.4 is 16.4 Å². The number of aryl methyl sites for hydroxylation is 1. The van der Waals surface area contributed by atoms with E-state index in [4.69, 9.17) is 5.73 Å². The van der Waals surface area contributed by atoms with Gasteiger partial charge in [-0.15, -0.1) is 12.4 Å². The van der Waals surface area contributed by atoms with Crippen LogP contribution in [0.5, 0.6) is 0 Å². The maximum absolute atomic E-state index is 11.9. The highest BCUT2D eigenvalue weighted by Gasteiger charge is 2.15. The van der Waals surface area contributed by atoms with Crippen molar-refractivity contribution >= 4 is 29.9 Å². The molecule has 112 valence electrons. The predicted molar refractivity (Wildman–Crippen MR) is 83.1 cm³/mol. The lowest BCUT2D eigenvalue weighted by Crippen LogP contribution is -2.45. The van der Waals surface area contributed by atoms with Gasteiger partial charge in [0.15, 0.2) is 0 Å². The van der Waals surface area contributed by atoms with Gasteiger partial charge in [0, 0.05) is 16.8 Å². The van der Waals surface area contributed by atoms with Gasteiger partial charge in [0.2, 0.25) is 5.91 Å². The quantitative estimate of drug-likeness (QED) is 0.742. The zero-order valence-electron chi connectivity index (χ0n) is 12.2. The molecule has 0 aliphatic carbocycles. The van der Waals surface area contributed by atoms with E-state index in [1.165, 1.54) is 0 Å². The van der Waals surface area contributed by atoms with Gasteiger partial charge in [0.1, 0.15) is 0 Å². The molecular formula is C14H22ClN3O2. The minimum absolute atomic E-state index is 0. The molecule has 0 saturated heterocycles. The Hall–Kier alpha value is -1.75. The second kappa shape index (κ2) is 7.14. The molecule has 20 heavy (non-hydrogen) atoms. The lowest BCUT2D eigenvalue weighted by atomic mass is 10.1. The van der Waals surface area contributed by atoms with E-state index >= 15 is 0 Å². The molecule has 0 spiro atoms. The molecule has 0 radical (unpaired) electrons. The fourth-order valence-electron chi connectivity index (χ4n) is 1.60.